The number of nitrogens with one attached hydrogen (secondary N) is 1. The maximum atomic E-state index is 9.13. The second-order valence-corrected chi connectivity index (χ2v) is 6.67. The van der Waals surface area contributed by atoms with E-state index in [-0.39, 0.29) is 12.7 Å². The number of hydrogen-bond acceptors (Lipinski definition) is 6. The number of anilines is 2. The fourth-order valence-corrected chi connectivity index (χ4v) is 3.23. The average Bonchev–Trinajstić information content (AvgIpc) is 2.69. The first-order valence-corrected chi connectivity index (χ1v) is 9.32. The molecular formula is C21H23N3O3. The smallest absolute Gasteiger partial charge is 0.163 e. The normalized spacial score (nSPS) is 15.7. The Morgan fingerprint density at radius 1 is 1.15 bits per heavy atom. The van der Waals surface area contributed by atoms with Gasteiger partial charge in [-0.2, -0.15) is 0 Å². The summed E-state index contributed by atoms with van der Waals surface area (Å²) in [6.45, 7) is 2.68. The van der Waals surface area contributed by atoms with Gasteiger partial charge in [0.2, 0.25) is 0 Å². The zero-order valence-corrected chi connectivity index (χ0v) is 15.3. The van der Waals surface area contributed by atoms with Crippen molar-refractivity contribution in [2.45, 2.75) is 32.3 Å². The molecule has 6 nitrogen and oxygen atoms in total. The predicted octanol–water partition coefficient (Wildman–Crippen LogP) is 3.85. The van der Waals surface area contributed by atoms with E-state index in [9.17, 15) is 0 Å². The predicted molar refractivity (Wildman–Crippen MR) is 105 cm³/mol. The van der Waals surface area contributed by atoms with E-state index in [4.69, 9.17) is 14.6 Å². The molecule has 2 aromatic carbocycles. The van der Waals surface area contributed by atoms with Crippen molar-refractivity contribution in [2.75, 3.05) is 18.5 Å². The summed E-state index contributed by atoms with van der Waals surface area (Å²) in [6, 6.07) is 12.2. The van der Waals surface area contributed by atoms with Gasteiger partial charge in [-0.15, -0.1) is 0 Å². The van der Waals surface area contributed by atoms with Crippen LogP contribution >= 0.6 is 0 Å². The Morgan fingerprint density at radius 3 is 2.78 bits per heavy atom. The Kier molecular flexibility index (Phi) is 5.07. The molecule has 27 heavy (non-hydrogen) atoms. The highest BCUT2D eigenvalue weighted by atomic mass is 16.6. The van der Waals surface area contributed by atoms with Crippen LogP contribution in [0.5, 0.6) is 11.5 Å². The SMILES string of the molecule is CCCc1ccc(Nc2ncnc3cc4c(cc23)OC(CCO)CO4)cc1. The Labute approximate surface area is 158 Å². The first-order chi connectivity index (χ1) is 13.3. The third-order valence-corrected chi connectivity index (χ3v) is 4.63. The van der Waals surface area contributed by atoms with Crippen molar-refractivity contribution in [2.24, 2.45) is 0 Å². The van der Waals surface area contributed by atoms with Crippen LogP contribution in [-0.4, -0.2) is 34.4 Å². The van der Waals surface area contributed by atoms with Crippen molar-refractivity contribution in [3.63, 3.8) is 0 Å². The van der Waals surface area contributed by atoms with Gasteiger partial charge in [-0.1, -0.05) is 25.5 Å². The Balaban J connectivity index is 1.64. The fourth-order valence-electron chi connectivity index (χ4n) is 3.23. The summed E-state index contributed by atoms with van der Waals surface area (Å²) in [6.07, 6.45) is 4.15. The minimum absolute atomic E-state index is 0.0703. The van der Waals surface area contributed by atoms with E-state index in [2.05, 4.69) is 46.5 Å². The van der Waals surface area contributed by atoms with Crippen LogP contribution in [0, 0.1) is 0 Å². The molecule has 3 aromatic rings. The lowest BCUT2D eigenvalue weighted by molar-refractivity contribution is 0.0707. The molecule has 1 unspecified atom stereocenters. The van der Waals surface area contributed by atoms with Crippen LogP contribution in [0.25, 0.3) is 10.9 Å². The molecule has 0 fully saturated rings. The van der Waals surface area contributed by atoms with Crippen LogP contribution in [0.4, 0.5) is 11.5 Å². The first-order valence-electron chi connectivity index (χ1n) is 9.32. The molecule has 0 spiro atoms. The molecule has 0 aliphatic carbocycles. The van der Waals surface area contributed by atoms with Crippen LogP contribution < -0.4 is 14.8 Å². The zero-order valence-electron chi connectivity index (χ0n) is 15.3. The highest BCUT2D eigenvalue weighted by Crippen LogP contribution is 2.37. The van der Waals surface area contributed by atoms with Crippen LogP contribution in [-0.2, 0) is 6.42 Å². The zero-order chi connectivity index (χ0) is 18.6. The number of nitrogens with zero attached hydrogens (tertiary/aromatic N) is 2. The van der Waals surface area contributed by atoms with Gasteiger partial charge in [0, 0.05) is 30.2 Å². The van der Waals surface area contributed by atoms with Gasteiger partial charge in [0.25, 0.3) is 0 Å². The summed E-state index contributed by atoms with van der Waals surface area (Å²) in [7, 11) is 0. The van der Waals surface area contributed by atoms with E-state index >= 15 is 0 Å². The molecule has 0 amide bonds. The van der Waals surface area contributed by atoms with Crippen LogP contribution in [0.15, 0.2) is 42.7 Å². The van der Waals surface area contributed by atoms with Gasteiger partial charge < -0.3 is 19.9 Å². The summed E-state index contributed by atoms with van der Waals surface area (Å²) >= 11 is 0. The van der Waals surface area contributed by atoms with Gasteiger partial charge in [0.1, 0.15) is 24.9 Å². The van der Waals surface area contributed by atoms with Crippen molar-refractivity contribution < 1.29 is 14.6 Å². The first kappa shape index (κ1) is 17.5. The highest BCUT2D eigenvalue weighted by Gasteiger charge is 2.22. The standard InChI is InChI=1S/C21H23N3O3/c1-2-3-14-4-6-15(7-5-14)24-21-17-10-20-19(11-18(17)22-13-23-21)26-12-16(27-20)8-9-25/h4-7,10-11,13,16,25H,2-3,8-9,12H2,1H3,(H,22,23,24). The second-order valence-electron chi connectivity index (χ2n) is 6.67. The minimum atomic E-state index is -0.146. The lowest BCUT2D eigenvalue weighted by Crippen LogP contribution is -2.29. The molecule has 2 heterocycles. The second kappa shape index (κ2) is 7.80. The number of rotatable bonds is 6. The number of hydrogen-bond donors (Lipinski definition) is 2. The number of benzene rings is 2. The monoisotopic (exact) mass is 365 g/mol. The number of aromatic nitrogens is 2. The van der Waals surface area contributed by atoms with Crippen molar-refractivity contribution in [1.82, 2.24) is 9.97 Å². The van der Waals surface area contributed by atoms with Crippen LogP contribution in [0.1, 0.15) is 25.3 Å². The topological polar surface area (TPSA) is 76.5 Å². The fraction of sp³-hybridized carbons (Fsp3) is 0.333. The Bertz CT molecular complexity index is 928. The van der Waals surface area contributed by atoms with E-state index < -0.39 is 0 Å². The molecular weight excluding hydrogens is 342 g/mol. The van der Waals surface area contributed by atoms with E-state index in [0.29, 0.717) is 24.5 Å². The quantitative estimate of drug-likeness (QED) is 0.691. The molecule has 6 heteroatoms. The number of aliphatic hydroxyl groups is 1. The van der Waals surface area contributed by atoms with Crippen LogP contribution in [0.3, 0.4) is 0 Å². The molecule has 1 aliphatic rings. The van der Waals surface area contributed by atoms with E-state index in [1.807, 2.05) is 12.1 Å². The largest absolute Gasteiger partial charge is 0.486 e. The third kappa shape index (κ3) is 3.80. The van der Waals surface area contributed by atoms with Gasteiger partial charge in [0.05, 0.1) is 5.52 Å². The van der Waals surface area contributed by atoms with Gasteiger partial charge in [0.15, 0.2) is 11.5 Å². The molecule has 1 aliphatic heterocycles. The van der Waals surface area contributed by atoms with E-state index in [1.165, 1.54) is 5.56 Å². The van der Waals surface area contributed by atoms with Crippen LogP contribution in [0.2, 0.25) is 0 Å². The Morgan fingerprint density at radius 2 is 2.00 bits per heavy atom. The van der Waals surface area contributed by atoms with Crippen molar-refractivity contribution in [1.29, 1.82) is 0 Å². The molecule has 1 aromatic heterocycles. The molecule has 0 saturated heterocycles. The molecule has 0 bridgehead atoms. The van der Waals surface area contributed by atoms with Crippen molar-refractivity contribution in [3.8, 4) is 11.5 Å². The Hall–Kier alpha value is -2.86. The maximum absolute atomic E-state index is 9.13. The van der Waals surface area contributed by atoms with Gasteiger partial charge >= 0.3 is 0 Å². The molecule has 1 atom stereocenters. The average molecular weight is 365 g/mol. The number of fused-ring (bicyclic) bond motifs is 2. The molecule has 0 radical (unpaired) electrons. The maximum Gasteiger partial charge on any atom is 0.163 e. The lowest BCUT2D eigenvalue weighted by Gasteiger charge is -2.26. The minimum Gasteiger partial charge on any atom is -0.486 e. The number of ether oxygens (including phenoxy) is 2. The summed E-state index contributed by atoms with van der Waals surface area (Å²) < 4.78 is 11.7. The van der Waals surface area contributed by atoms with Crippen molar-refractivity contribution >= 4 is 22.4 Å². The molecule has 0 saturated carbocycles. The number of aliphatic hydroxyl groups excluding tert-OH is 1. The number of aryl methyl sites for hydroxylation is 1. The summed E-state index contributed by atoms with van der Waals surface area (Å²) in [4.78, 5) is 8.77. The van der Waals surface area contributed by atoms with Gasteiger partial charge in [-0.25, -0.2) is 9.97 Å². The van der Waals surface area contributed by atoms with Crippen molar-refractivity contribution in [3.05, 3.63) is 48.3 Å². The third-order valence-electron chi connectivity index (χ3n) is 4.63. The van der Waals surface area contributed by atoms with E-state index in [0.717, 1.165) is 35.2 Å². The molecule has 2 N–H and O–H groups in total. The van der Waals surface area contributed by atoms with Gasteiger partial charge in [-0.3, -0.25) is 0 Å². The highest BCUT2D eigenvalue weighted by molar-refractivity contribution is 5.93. The summed E-state index contributed by atoms with van der Waals surface area (Å²) in [5.41, 5.74) is 3.09. The van der Waals surface area contributed by atoms with E-state index in [1.54, 1.807) is 6.33 Å². The molecule has 140 valence electrons. The molecule has 4 rings (SSSR count). The van der Waals surface area contributed by atoms with Gasteiger partial charge in [-0.05, 0) is 30.2 Å². The lowest BCUT2D eigenvalue weighted by atomic mass is 10.1. The summed E-state index contributed by atoms with van der Waals surface area (Å²) in [5.74, 6) is 2.05. The summed E-state index contributed by atoms with van der Waals surface area (Å²) in [5, 5.41) is 13.4.